The van der Waals surface area contributed by atoms with Crippen LogP contribution in [0.15, 0.2) is 9.59 Å². The van der Waals surface area contributed by atoms with Crippen LogP contribution >= 0.6 is 0 Å². The first-order valence-electron chi connectivity index (χ1n) is 4.55. The van der Waals surface area contributed by atoms with E-state index >= 15 is 0 Å². The van der Waals surface area contributed by atoms with E-state index in [4.69, 9.17) is 0 Å². The maximum absolute atomic E-state index is 11.3. The summed E-state index contributed by atoms with van der Waals surface area (Å²) in [7, 11) is 0. The van der Waals surface area contributed by atoms with Crippen LogP contribution in [0.25, 0.3) is 0 Å². The van der Waals surface area contributed by atoms with E-state index in [1.807, 2.05) is 0 Å². The highest BCUT2D eigenvalue weighted by atomic mass is 16.3. The highest BCUT2D eigenvalue weighted by molar-refractivity contribution is 5.25. The molecule has 2 N–H and O–H groups in total. The third-order valence-electron chi connectivity index (χ3n) is 2.10. The highest BCUT2D eigenvalue weighted by Crippen LogP contribution is 2.18. The number of hydrogen-bond acceptors (Lipinski definition) is 3. The lowest BCUT2D eigenvalue weighted by molar-refractivity contribution is 0.394. The average molecular weight is 198 g/mol. The quantitative estimate of drug-likeness (QED) is 0.721. The minimum atomic E-state index is -0.570. The van der Waals surface area contributed by atoms with Crippen LogP contribution in [0.2, 0.25) is 0 Å². The fourth-order valence-electron chi connectivity index (χ4n) is 1.39. The molecule has 0 aliphatic carbocycles. The lowest BCUT2D eigenvalue weighted by Gasteiger charge is -2.11. The summed E-state index contributed by atoms with van der Waals surface area (Å²) in [4.78, 5) is 24.7. The van der Waals surface area contributed by atoms with E-state index in [1.54, 1.807) is 20.8 Å². The summed E-state index contributed by atoms with van der Waals surface area (Å²) in [6.45, 7) is 5.63. The molecular formula is C9H14N2O3. The Balaban J connectivity index is 3.61. The second kappa shape index (κ2) is 3.69. The van der Waals surface area contributed by atoms with Crippen molar-refractivity contribution in [1.29, 1.82) is 0 Å². The van der Waals surface area contributed by atoms with Crippen LogP contribution < -0.4 is 11.2 Å². The Labute approximate surface area is 81.0 Å². The van der Waals surface area contributed by atoms with Crippen LogP contribution in [0.1, 0.15) is 32.3 Å². The Hall–Kier alpha value is -1.52. The van der Waals surface area contributed by atoms with Gasteiger partial charge in [-0.1, -0.05) is 13.8 Å². The summed E-state index contributed by atoms with van der Waals surface area (Å²) in [5, 5.41) is 9.66. The molecule has 0 saturated carbocycles. The van der Waals surface area contributed by atoms with Crippen molar-refractivity contribution in [3.8, 4) is 5.88 Å². The van der Waals surface area contributed by atoms with Crippen molar-refractivity contribution in [2.24, 2.45) is 0 Å². The third kappa shape index (κ3) is 1.57. The zero-order valence-corrected chi connectivity index (χ0v) is 8.50. The normalized spacial score (nSPS) is 10.9. The van der Waals surface area contributed by atoms with Gasteiger partial charge in [0.25, 0.3) is 5.56 Å². The molecule has 5 nitrogen and oxygen atoms in total. The van der Waals surface area contributed by atoms with E-state index in [9.17, 15) is 14.7 Å². The predicted molar refractivity (Wildman–Crippen MR) is 52.8 cm³/mol. The molecule has 0 aromatic carbocycles. The van der Waals surface area contributed by atoms with E-state index in [1.165, 1.54) is 0 Å². The van der Waals surface area contributed by atoms with Crippen LogP contribution in [0.4, 0.5) is 0 Å². The number of aromatic hydroxyl groups is 1. The molecule has 0 bridgehead atoms. The maximum atomic E-state index is 11.3. The molecule has 0 spiro atoms. The van der Waals surface area contributed by atoms with Crippen molar-refractivity contribution in [2.75, 3.05) is 0 Å². The Bertz CT molecular complexity index is 442. The van der Waals surface area contributed by atoms with Crippen LogP contribution in [0.3, 0.4) is 0 Å². The van der Waals surface area contributed by atoms with Crippen LogP contribution in [0, 0.1) is 0 Å². The third-order valence-corrected chi connectivity index (χ3v) is 2.10. The SMILES string of the molecule is CCn1c(O)c(C(C)C)c(=O)[nH]c1=O. The summed E-state index contributed by atoms with van der Waals surface area (Å²) >= 11 is 0. The minimum absolute atomic E-state index is 0.114. The van der Waals surface area contributed by atoms with Gasteiger partial charge in [-0.05, 0) is 12.8 Å². The van der Waals surface area contributed by atoms with Crippen LogP contribution in [-0.2, 0) is 6.54 Å². The van der Waals surface area contributed by atoms with Gasteiger partial charge in [-0.3, -0.25) is 14.3 Å². The molecule has 5 heteroatoms. The van der Waals surface area contributed by atoms with Crippen molar-refractivity contribution < 1.29 is 5.11 Å². The second-order valence-electron chi connectivity index (χ2n) is 3.40. The molecule has 1 aromatic heterocycles. The van der Waals surface area contributed by atoms with E-state index in [2.05, 4.69) is 4.98 Å². The summed E-state index contributed by atoms with van der Waals surface area (Å²) in [6.07, 6.45) is 0. The first-order chi connectivity index (χ1) is 6.49. The first kappa shape index (κ1) is 10.6. The summed E-state index contributed by atoms with van der Waals surface area (Å²) in [5.74, 6) is -0.339. The number of rotatable bonds is 2. The molecule has 0 aliphatic heterocycles. The van der Waals surface area contributed by atoms with Crippen molar-refractivity contribution in [3.05, 3.63) is 26.4 Å². The molecule has 0 aliphatic rings. The van der Waals surface area contributed by atoms with Crippen molar-refractivity contribution >= 4 is 0 Å². The number of hydrogen-bond donors (Lipinski definition) is 2. The fourth-order valence-corrected chi connectivity index (χ4v) is 1.39. The predicted octanol–water partition coefficient (Wildman–Crippen LogP) is 0.386. The minimum Gasteiger partial charge on any atom is -0.494 e. The van der Waals surface area contributed by atoms with E-state index in [0.717, 1.165) is 4.57 Å². The van der Waals surface area contributed by atoms with Gasteiger partial charge in [0.2, 0.25) is 5.88 Å². The molecule has 0 radical (unpaired) electrons. The zero-order valence-electron chi connectivity index (χ0n) is 8.50. The molecule has 1 rings (SSSR count). The number of aromatic nitrogens is 2. The standard InChI is InChI=1S/C9H14N2O3/c1-4-11-8(13)6(5(2)3)7(12)10-9(11)14/h5,13H,4H2,1-3H3,(H,10,12,14). The Morgan fingerprint density at radius 2 is 2.00 bits per heavy atom. The van der Waals surface area contributed by atoms with Gasteiger partial charge < -0.3 is 5.11 Å². The van der Waals surface area contributed by atoms with Crippen LogP contribution in [0.5, 0.6) is 5.88 Å². The zero-order chi connectivity index (χ0) is 10.9. The Kier molecular flexibility index (Phi) is 2.78. The number of nitrogens with zero attached hydrogens (tertiary/aromatic N) is 1. The maximum Gasteiger partial charge on any atom is 0.331 e. The summed E-state index contributed by atoms with van der Waals surface area (Å²) in [6, 6.07) is 0. The second-order valence-corrected chi connectivity index (χ2v) is 3.40. The Morgan fingerprint density at radius 3 is 2.43 bits per heavy atom. The molecule has 0 atom stereocenters. The van der Waals surface area contributed by atoms with Gasteiger partial charge in [0.15, 0.2) is 0 Å². The highest BCUT2D eigenvalue weighted by Gasteiger charge is 2.15. The largest absolute Gasteiger partial charge is 0.494 e. The van der Waals surface area contributed by atoms with E-state index in [-0.39, 0.29) is 17.4 Å². The lowest BCUT2D eigenvalue weighted by atomic mass is 10.1. The van der Waals surface area contributed by atoms with Crippen molar-refractivity contribution in [3.63, 3.8) is 0 Å². The Morgan fingerprint density at radius 1 is 1.43 bits per heavy atom. The molecule has 0 unspecified atom stereocenters. The van der Waals surface area contributed by atoms with Gasteiger partial charge in [-0.25, -0.2) is 4.79 Å². The molecule has 78 valence electrons. The average Bonchev–Trinajstić information content (AvgIpc) is 2.02. The smallest absolute Gasteiger partial charge is 0.331 e. The molecule has 1 aromatic rings. The monoisotopic (exact) mass is 198 g/mol. The van der Waals surface area contributed by atoms with Crippen molar-refractivity contribution in [2.45, 2.75) is 33.2 Å². The van der Waals surface area contributed by atoms with E-state index in [0.29, 0.717) is 6.54 Å². The van der Waals surface area contributed by atoms with Gasteiger partial charge in [0.05, 0.1) is 5.56 Å². The number of H-pyrrole nitrogens is 1. The van der Waals surface area contributed by atoms with Crippen molar-refractivity contribution in [1.82, 2.24) is 9.55 Å². The van der Waals surface area contributed by atoms with Gasteiger partial charge in [-0.2, -0.15) is 0 Å². The molecule has 14 heavy (non-hydrogen) atoms. The van der Waals surface area contributed by atoms with Gasteiger partial charge in [0.1, 0.15) is 0 Å². The lowest BCUT2D eigenvalue weighted by Crippen LogP contribution is -2.32. The van der Waals surface area contributed by atoms with Gasteiger partial charge >= 0.3 is 5.69 Å². The topological polar surface area (TPSA) is 75.1 Å². The molecule has 0 saturated heterocycles. The summed E-state index contributed by atoms with van der Waals surface area (Å²) < 4.78 is 1.14. The van der Waals surface area contributed by atoms with Gasteiger partial charge in [-0.15, -0.1) is 0 Å². The molecule has 0 fully saturated rings. The first-order valence-corrected chi connectivity index (χ1v) is 4.55. The molecule has 1 heterocycles. The fraction of sp³-hybridized carbons (Fsp3) is 0.556. The number of aromatic amines is 1. The molecular weight excluding hydrogens is 184 g/mol. The van der Waals surface area contributed by atoms with Crippen LogP contribution in [-0.4, -0.2) is 14.7 Å². The van der Waals surface area contributed by atoms with Gasteiger partial charge in [0, 0.05) is 6.54 Å². The summed E-state index contributed by atoms with van der Waals surface area (Å²) in [5.41, 5.74) is -0.821. The molecule has 0 amide bonds. The van der Waals surface area contributed by atoms with E-state index < -0.39 is 11.2 Å². The number of nitrogens with one attached hydrogen (secondary N) is 1.